The third-order valence-corrected chi connectivity index (χ3v) is 4.40. The van der Waals surface area contributed by atoms with Crippen LogP contribution in [0, 0.1) is 0 Å². The SMILES string of the molecule is COc1ccc(C2C(C(C)=O)=C(O)C(=O)N2CCCOC(C)C)cc1OC. The van der Waals surface area contributed by atoms with Crippen LogP contribution < -0.4 is 9.47 Å². The van der Waals surface area contributed by atoms with E-state index in [1.54, 1.807) is 18.2 Å². The fraction of sp³-hybridized carbons (Fsp3) is 0.500. The third-order valence-electron chi connectivity index (χ3n) is 4.40. The molecule has 0 saturated heterocycles. The smallest absolute Gasteiger partial charge is 0.290 e. The van der Waals surface area contributed by atoms with E-state index in [0.717, 1.165) is 0 Å². The Morgan fingerprint density at radius 1 is 1.22 bits per heavy atom. The number of carbonyl (C=O) groups is 2. The summed E-state index contributed by atoms with van der Waals surface area (Å²) >= 11 is 0. The Morgan fingerprint density at radius 2 is 1.89 bits per heavy atom. The first kappa shape index (κ1) is 20.8. The van der Waals surface area contributed by atoms with Crippen LogP contribution in [-0.2, 0) is 14.3 Å². The first-order chi connectivity index (χ1) is 12.8. The summed E-state index contributed by atoms with van der Waals surface area (Å²) < 4.78 is 16.1. The van der Waals surface area contributed by atoms with Gasteiger partial charge in [-0.25, -0.2) is 0 Å². The monoisotopic (exact) mass is 377 g/mol. The van der Waals surface area contributed by atoms with Crippen LogP contribution in [0.5, 0.6) is 11.5 Å². The van der Waals surface area contributed by atoms with Crippen LogP contribution in [0.2, 0.25) is 0 Å². The van der Waals surface area contributed by atoms with Crippen LogP contribution in [-0.4, -0.2) is 55.2 Å². The van der Waals surface area contributed by atoms with Crippen molar-refractivity contribution in [2.45, 2.75) is 39.3 Å². The van der Waals surface area contributed by atoms with Crippen LogP contribution in [0.1, 0.15) is 38.8 Å². The molecule has 1 atom stereocenters. The molecule has 1 aromatic carbocycles. The second-order valence-corrected chi connectivity index (χ2v) is 6.61. The van der Waals surface area contributed by atoms with Crippen molar-refractivity contribution in [3.63, 3.8) is 0 Å². The van der Waals surface area contributed by atoms with Gasteiger partial charge in [0.2, 0.25) is 0 Å². The molecule has 148 valence electrons. The lowest BCUT2D eigenvalue weighted by Gasteiger charge is -2.27. The van der Waals surface area contributed by atoms with Gasteiger partial charge < -0.3 is 24.2 Å². The topological polar surface area (TPSA) is 85.3 Å². The van der Waals surface area contributed by atoms with Gasteiger partial charge >= 0.3 is 0 Å². The van der Waals surface area contributed by atoms with Gasteiger partial charge in [0.25, 0.3) is 5.91 Å². The third kappa shape index (κ3) is 4.42. The van der Waals surface area contributed by atoms with E-state index in [4.69, 9.17) is 14.2 Å². The molecule has 1 N–H and O–H groups in total. The summed E-state index contributed by atoms with van der Waals surface area (Å²) in [6, 6.07) is 4.52. The van der Waals surface area contributed by atoms with Gasteiger partial charge in [0.15, 0.2) is 23.0 Å². The average molecular weight is 377 g/mol. The Balaban J connectivity index is 2.36. The van der Waals surface area contributed by atoms with Crippen LogP contribution in [0.3, 0.4) is 0 Å². The standard InChI is InChI=1S/C20H27NO6/c1-12(2)27-10-6-9-21-18(17(13(3)22)19(23)20(21)24)14-7-8-15(25-4)16(11-14)26-5/h7-8,11-12,18,23H,6,9-10H2,1-5H3. The van der Waals surface area contributed by atoms with E-state index in [-0.39, 0.29) is 17.5 Å². The van der Waals surface area contributed by atoms with Crippen molar-refractivity contribution in [1.82, 2.24) is 4.90 Å². The zero-order valence-electron chi connectivity index (χ0n) is 16.4. The summed E-state index contributed by atoms with van der Waals surface area (Å²) in [6.07, 6.45) is 0.687. The number of benzene rings is 1. The number of carbonyl (C=O) groups excluding carboxylic acids is 2. The second-order valence-electron chi connectivity index (χ2n) is 6.61. The number of amides is 1. The Labute approximate surface area is 159 Å². The summed E-state index contributed by atoms with van der Waals surface area (Å²) in [6.45, 7) is 6.06. The summed E-state index contributed by atoms with van der Waals surface area (Å²) in [5.41, 5.74) is 0.761. The van der Waals surface area contributed by atoms with Crippen molar-refractivity contribution in [2.24, 2.45) is 0 Å². The molecule has 7 nitrogen and oxygen atoms in total. The van der Waals surface area contributed by atoms with Crippen LogP contribution in [0.15, 0.2) is 29.5 Å². The molecular weight excluding hydrogens is 350 g/mol. The first-order valence-corrected chi connectivity index (χ1v) is 8.90. The van der Waals surface area contributed by atoms with E-state index >= 15 is 0 Å². The summed E-state index contributed by atoms with van der Waals surface area (Å²) in [5, 5.41) is 10.3. The van der Waals surface area contributed by atoms with Crippen LogP contribution in [0.4, 0.5) is 0 Å². The number of hydrogen-bond donors (Lipinski definition) is 1. The average Bonchev–Trinajstić information content (AvgIpc) is 2.89. The molecule has 1 aliphatic rings. The minimum Gasteiger partial charge on any atom is -0.503 e. The maximum atomic E-state index is 12.6. The lowest BCUT2D eigenvalue weighted by atomic mass is 9.96. The number of methoxy groups -OCH3 is 2. The van der Waals surface area contributed by atoms with Gasteiger partial charge in [-0.2, -0.15) is 0 Å². The molecule has 1 amide bonds. The first-order valence-electron chi connectivity index (χ1n) is 8.90. The number of aliphatic hydroxyl groups is 1. The van der Waals surface area contributed by atoms with Gasteiger partial charge in [-0.15, -0.1) is 0 Å². The highest BCUT2D eigenvalue weighted by Gasteiger charge is 2.42. The largest absolute Gasteiger partial charge is 0.503 e. The molecule has 0 radical (unpaired) electrons. The molecule has 0 bridgehead atoms. The van der Waals surface area contributed by atoms with Crippen molar-refractivity contribution >= 4 is 11.7 Å². The van der Waals surface area contributed by atoms with Gasteiger partial charge in [-0.05, 0) is 44.9 Å². The predicted octanol–water partition coefficient (Wildman–Crippen LogP) is 2.80. The Kier molecular flexibility index (Phi) is 6.85. The Bertz CT molecular complexity index is 740. The molecule has 1 heterocycles. The molecule has 0 saturated carbocycles. The van der Waals surface area contributed by atoms with Crippen LogP contribution in [0.25, 0.3) is 0 Å². The van der Waals surface area contributed by atoms with E-state index in [1.165, 1.54) is 26.0 Å². The van der Waals surface area contributed by atoms with Gasteiger partial charge in [0.1, 0.15) is 0 Å². The van der Waals surface area contributed by atoms with E-state index in [2.05, 4.69) is 0 Å². The van der Waals surface area contributed by atoms with Crippen molar-refractivity contribution < 1.29 is 28.9 Å². The lowest BCUT2D eigenvalue weighted by Crippen LogP contribution is -2.32. The molecule has 1 aliphatic heterocycles. The van der Waals surface area contributed by atoms with Gasteiger partial charge in [-0.1, -0.05) is 6.07 Å². The maximum Gasteiger partial charge on any atom is 0.290 e. The molecule has 1 unspecified atom stereocenters. The maximum absolute atomic E-state index is 12.6. The fourth-order valence-electron chi connectivity index (χ4n) is 3.17. The van der Waals surface area contributed by atoms with Crippen molar-refractivity contribution in [3.8, 4) is 11.5 Å². The highest BCUT2D eigenvalue weighted by molar-refractivity contribution is 6.08. The summed E-state index contributed by atoms with van der Waals surface area (Å²) in [7, 11) is 3.05. The number of ketones is 1. The molecule has 0 aliphatic carbocycles. The number of aliphatic hydroxyl groups excluding tert-OH is 1. The molecule has 0 aromatic heterocycles. The number of ether oxygens (including phenoxy) is 3. The summed E-state index contributed by atoms with van der Waals surface area (Å²) in [4.78, 5) is 26.2. The van der Waals surface area contributed by atoms with E-state index < -0.39 is 17.7 Å². The number of nitrogens with zero attached hydrogens (tertiary/aromatic N) is 1. The van der Waals surface area contributed by atoms with Crippen LogP contribution >= 0.6 is 0 Å². The minimum atomic E-state index is -0.672. The molecule has 2 rings (SSSR count). The predicted molar refractivity (Wildman–Crippen MR) is 100 cm³/mol. The molecule has 0 spiro atoms. The zero-order valence-corrected chi connectivity index (χ0v) is 16.4. The Morgan fingerprint density at radius 3 is 2.44 bits per heavy atom. The summed E-state index contributed by atoms with van der Waals surface area (Å²) in [5.74, 6) is -0.363. The molecular formula is C20H27NO6. The molecule has 0 fully saturated rings. The fourth-order valence-corrected chi connectivity index (χ4v) is 3.17. The normalized spacial score (nSPS) is 17.0. The number of rotatable bonds is 9. The quantitative estimate of drug-likeness (QED) is 0.666. The van der Waals surface area contributed by atoms with E-state index in [9.17, 15) is 14.7 Å². The van der Waals surface area contributed by atoms with Gasteiger partial charge in [0.05, 0.1) is 31.9 Å². The van der Waals surface area contributed by atoms with E-state index in [1.807, 2.05) is 13.8 Å². The van der Waals surface area contributed by atoms with Crippen molar-refractivity contribution in [2.75, 3.05) is 27.4 Å². The molecule has 7 heteroatoms. The van der Waals surface area contributed by atoms with Crippen molar-refractivity contribution in [3.05, 3.63) is 35.1 Å². The van der Waals surface area contributed by atoms with Gasteiger partial charge in [0, 0.05) is 13.2 Å². The second kappa shape index (κ2) is 8.90. The Hall–Kier alpha value is -2.54. The number of hydrogen-bond acceptors (Lipinski definition) is 6. The van der Waals surface area contributed by atoms with Gasteiger partial charge in [-0.3, -0.25) is 9.59 Å². The highest BCUT2D eigenvalue weighted by atomic mass is 16.5. The number of Topliss-reactive ketones (excluding diaryl/α,β-unsaturated/α-hetero) is 1. The van der Waals surface area contributed by atoms with E-state index in [0.29, 0.717) is 36.6 Å². The minimum absolute atomic E-state index is 0.0944. The highest BCUT2D eigenvalue weighted by Crippen LogP contribution is 2.40. The molecule has 27 heavy (non-hydrogen) atoms. The lowest BCUT2D eigenvalue weighted by molar-refractivity contribution is -0.129. The molecule has 1 aromatic rings. The zero-order chi connectivity index (χ0) is 20.1. The van der Waals surface area contributed by atoms with Crippen molar-refractivity contribution in [1.29, 1.82) is 0 Å².